The number of ether oxygens (including phenoxy) is 1. The van der Waals surface area contributed by atoms with Gasteiger partial charge >= 0.3 is 0 Å². The molecule has 0 fully saturated rings. The Kier molecular flexibility index (Phi) is 2.32. The molecule has 0 atom stereocenters. The van der Waals surface area contributed by atoms with Gasteiger partial charge in [-0.2, -0.15) is 0 Å². The van der Waals surface area contributed by atoms with Gasteiger partial charge in [-0.05, 0) is 55.5 Å². The largest absolute Gasteiger partial charge is 0.496 e. The van der Waals surface area contributed by atoms with Crippen LogP contribution in [0.1, 0.15) is 28.7 Å². The molecule has 14 heavy (non-hydrogen) atoms. The number of fused-ring (bicyclic) bond motifs is 1. The molecular weight excluding hydrogens is 172 g/mol. The lowest BCUT2D eigenvalue weighted by Crippen LogP contribution is -2.02. The molecule has 0 unspecified atom stereocenters. The van der Waals surface area contributed by atoms with Crippen molar-refractivity contribution in [1.82, 2.24) is 0 Å². The lowest BCUT2D eigenvalue weighted by molar-refractivity contribution is 0.366. The Morgan fingerprint density at radius 1 is 1.14 bits per heavy atom. The van der Waals surface area contributed by atoms with Crippen LogP contribution in [0.25, 0.3) is 5.76 Å². The maximum Gasteiger partial charge on any atom is 0.122 e. The fourth-order valence-electron chi connectivity index (χ4n) is 1.97. The molecule has 0 bridgehead atoms. The topological polar surface area (TPSA) is 9.23 Å². The van der Waals surface area contributed by atoms with Crippen LogP contribution in [0, 0.1) is 13.8 Å². The smallest absolute Gasteiger partial charge is 0.122 e. The number of aryl methyl sites for hydroxylation is 3. The van der Waals surface area contributed by atoms with E-state index < -0.39 is 0 Å². The van der Waals surface area contributed by atoms with E-state index in [2.05, 4.69) is 32.1 Å². The lowest BCUT2D eigenvalue weighted by Gasteiger charge is -2.18. The first-order valence-electron chi connectivity index (χ1n) is 5.07. The van der Waals surface area contributed by atoms with Crippen LogP contribution in [0.2, 0.25) is 0 Å². The first kappa shape index (κ1) is 9.32. The lowest BCUT2D eigenvalue weighted by atomic mass is 9.92. The van der Waals surface area contributed by atoms with Crippen molar-refractivity contribution < 1.29 is 4.74 Å². The highest BCUT2D eigenvalue weighted by Crippen LogP contribution is 2.29. The molecule has 74 valence electrons. The van der Waals surface area contributed by atoms with Gasteiger partial charge in [-0.1, -0.05) is 6.07 Å². The van der Waals surface area contributed by atoms with E-state index in [9.17, 15) is 0 Å². The van der Waals surface area contributed by atoms with Crippen molar-refractivity contribution in [2.45, 2.75) is 26.7 Å². The van der Waals surface area contributed by atoms with Crippen molar-refractivity contribution in [2.75, 3.05) is 7.11 Å². The van der Waals surface area contributed by atoms with Crippen LogP contribution in [0.5, 0.6) is 0 Å². The predicted molar refractivity (Wildman–Crippen MR) is 59.2 cm³/mol. The molecule has 0 radical (unpaired) electrons. The molecular formula is C13H16O. The third-order valence-electron chi connectivity index (χ3n) is 2.95. The van der Waals surface area contributed by atoms with E-state index in [0.717, 1.165) is 18.6 Å². The summed E-state index contributed by atoms with van der Waals surface area (Å²) in [5.74, 6) is 1.04. The van der Waals surface area contributed by atoms with Crippen LogP contribution in [0.3, 0.4) is 0 Å². The number of benzene rings is 1. The molecule has 2 rings (SSSR count). The fourth-order valence-corrected chi connectivity index (χ4v) is 1.97. The van der Waals surface area contributed by atoms with Gasteiger partial charge in [0, 0.05) is 5.56 Å². The molecule has 1 heteroatoms. The molecule has 1 aromatic rings. The second kappa shape index (κ2) is 3.49. The minimum Gasteiger partial charge on any atom is -0.496 e. The van der Waals surface area contributed by atoms with Crippen LogP contribution >= 0.6 is 0 Å². The molecule has 0 saturated heterocycles. The third kappa shape index (κ3) is 1.43. The van der Waals surface area contributed by atoms with Gasteiger partial charge in [0.1, 0.15) is 5.76 Å². The summed E-state index contributed by atoms with van der Waals surface area (Å²) in [7, 11) is 1.75. The van der Waals surface area contributed by atoms with E-state index in [0.29, 0.717) is 0 Å². The van der Waals surface area contributed by atoms with Crippen molar-refractivity contribution in [2.24, 2.45) is 0 Å². The highest BCUT2D eigenvalue weighted by molar-refractivity contribution is 5.66. The van der Waals surface area contributed by atoms with Gasteiger partial charge in [0.2, 0.25) is 0 Å². The Hall–Kier alpha value is -1.24. The van der Waals surface area contributed by atoms with E-state index in [1.165, 1.54) is 22.3 Å². The van der Waals surface area contributed by atoms with Gasteiger partial charge in [0.05, 0.1) is 7.11 Å². The zero-order chi connectivity index (χ0) is 10.1. The summed E-state index contributed by atoms with van der Waals surface area (Å²) >= 11 is 0. The molecule has 0 aromatic heterocycles. The second-order valence-electron chi connectivity index (χ2n) is 3.90. The standard InChI is InChI=1S/C13H16O/c1-9-7-11-5-4-6-13(14-3)12(11)8-10(9)2/h6-8H,4-5H2,1-3H3. The molecule has 0 N–H and O–H groups in total. The first-order valence-corrected chi connectivity index (χ1v) is 5.07. The van der Waals surface area contributed by atoms with Gasteiger partial charge in [0.25, 0.3) is 0 Å². The molecule has 0 spiro atoms. The average Bonchev–Trinajstić information content (AvgIpc) is 2.19. The van der Waals surface area contributed by atoms with E-state index in [4.69, 9.17) is 4.74 Å². The first-order chi connectivity index (χ1) is 6.72. The predicted octanol–water partition coefficient (Wildman–Crippen LogP) is 3.24. The van der Waals surface area contributed by atoms with Gasteiger partial charge < -0.3 is 4.74 Å². The summed E-state index contributed by atoms with van der Waals surface area (Å²) in [6.07, 6.45) is 4.42. The zero-order valence-corrected chi connectivity index (χ0v) is 9.05. The van der Waals surface area contributed by atoms with Crippen molar-refractivity contribution in [3.05, 3.63) is 40.5 Å². The summed E-state index contributed by atoms with van der Waals surface area (Å²) in [5.41, 5.74) is 5.42. The van der Waals surface area contributed by atoms with Crippen molar-refractivity contribution in [1.29, 1.82) is 0 Å². The molecule has 1 aliphatic rings. The van der Waals surface area contributed by atoms with Gasteiger partial charge in [-0.25, -0.2) is 0 Å². The molecule has 0 heterocycles. The summed E-state index contributed by atoms with van der Waals surface area (Å²) in [6.45, 7) is 4.32. The molecule has 0 aliphatic heterocycles. The summed E-state index contributed by atoms with van der Waals surface area (Å²) in [4.78, 5) is 0. The molecule has 0 saturated carbocycles. The van der Waals surface area contributed by atoms with Gasteiger partial charge in [-0.15, -0.1) is 0 Å². The van der Waals surface area contributed by atoms with Crippen molar-refractivity contribution >= 4 is 5.76 Å². The molecule has 0 amide bonds. The Balaban J connectivity index is 2.56. The Morgan fingerprint density at radius 3 is 2.57 bits per heavy atom. The Morgan fingerprint density at radius 2 is 1.86 bits per heavy atom. The molecule has 1 aromatic carbocycles. The highest BCUT2D eigenvalue weighted by Gasteiger charge is 2.13. The maximum absolute atomic E-state index is 5.37. The fraction of sp³-hybridized carbons (Fsp3) is 0.385. The number of hydrogen-bond acceptors (Lipinski definition) is 1. The van der Waals surface area contributed by atoms with E-state index in [1.54, 1.807) is 7.11 Å². The van der Waals surface area contributed by atoms with Crippen LogP contribution in [-0.4, -0.2) is 7.11 Å². The van der Waals surface area contributed by atoms with Crippen molar-refractivity contribution in [3.63, 3.8) is 0 Å². The van der Waals surface area contributed by atoms with E-state index in [-0.39, 0.29) is 0 Å². The normalized spacial score (nSPS) is 14.6. The van der Waals surface area contributed by atoms with E-state index in [1.807, 2.05) is 0 Å². The summed E-state index contributed by atoms with van der Waals surface area (Å²) in [5, 5.41) is 0. The number of rotatable bonds is 1. The maximum atomic E-state index is 5.37. The number of methoxy groups -OCH3 is 1. The molecule has 1 aliphatic carbocycles. The van der Waals surface area contributed by atoms with Crippen molar-refractivity contribution in [3.8, 4) is 0 Å². The zero-order valence-electron chi connectivity index (χ0n) is 9.05. The second-order valence-corrected chi connectivity index (χ2v) is 3.90. The van der Waals surface area contributed by atoms with Gasteiger partial charge in [-0.3, -0.25) is 0 Å². The summed E-state index contributed by atoms with van der Waals surface area (Å²) < 4.78 is 5.37. The number of hydrogen-bond donors (Lipinski definition) is 0. The Bertz CT molecular complexity index is 388. The van der Waals surface area contributed by atoms with Crippen LogP contribution in [0.15, 0.2) is 18.2 Å². The van der Waals surface area contributed by atoms with Crippen LogP contribution in [0.4, 0.5) is 0 Å². The SMILES string of the molecule is COC1=CCCc2cc(C)c(C)cc21. The third-order valence-corrected chi connectivity index (χ3v) is 2.95. The highest BCUT2D eigenvalue weighted by atomic mass is 16.5. The van der Waals surface area contributed by atoms with Gasteiger partial charge in [0.15, 0.2) is 0 Å². The minimum atomic E-state index is 1.04. The van der Waals surface area contributed by atoms with Crippen LogP contribution < -0.4 is 0 Å². The van der Waals surface area contributed by atoms with Crippen LogP contribution in [-0.2, 0) is 11.2 Å². The van der Waals surface area contributed by atoms with E-state index >= 15 is 0 Å². The number of allylic oxidation sites excluding steroid dienone is 1. The monoisotopic (exact) mass is 188 g/mol. The Labute approximate surface area is 85.4 Å². The minimum absolute atomic E-state index is 1.04. The quantitative estimate of drug-likeness (QED) is 0.657. The molecule has 1 nitrogen and oxygen atoms in total. The summed E-state index contributed by atoms with van der Waals surface area (Å²) in [6, 6.07) is 4.52. The average molecular weight is 188 g/mol.